The summed E-state index contributed by atoms with van der Waals surface area (Å²) in [5.74, 6) is -0.137. The highest BCUT2D eigenvalue weighted by Crippen LogP contribution is 2.14. The van der Waals surface area contributed by atoms with Gasteiger partial charge in [-0.15, -0.1) is 24.0 Å². The fourth-order valence-electron chi connectivity index (χ4n) is 1.94. The van der Waals surface area contributed by atoms with E-state index in [1.165, 1.54) is 24.3 Å². The van der Waals surface area contributed by atoms with E-state index in [0.29, 0.717) is 23.2 Å². The van der Waals surface area contributed by atoms with E-state index >= 15 is 0 Å². The van der Waals surface area contributed by atoms with Gasteiger partial charge in [0.05, 0.1) is 6.54 Å². The van der Waals surface area contributed by atoms with Crippen LogP contribution in [0, 0.1) is 5.82 Å². The highest BCUT2D eigenvalue weighted by molar-refractivity contribution is 14.0. The first kappa shape index (κ1) is 21.2. The molecule has 2 aromatic carbocycles. The van der Waals surface area contributed by atoms with Crippen molar-refractivity contribution in [2.45, 2.75) is 6.54 Å². The van der Waals surface area contributed by atoms with Gasteiger partial charge in [0.2, 0.25) is 5.91 Å². The molecule has 0 spiro atoms. The first-order chi connectivity index (χ1) is 11.6. The number of nitrogens with zero attached hydrogens (tertiary/aromatic N) is 1. The molecule has 0 aromatic heterocycles. The lowest BCUT2D eigenvalue weighted by Crippen LogP contribution is -2.41. The minimum Gasteiger partial charge on any atom is -0.352 e. The highest BCUT2D eigenvalue weighted by atomic mass is 127. The maximum absolute atomic E-state index is 12.8. The van der Waals surface area contributed by atoms with Gasteiger partial charge in [-0.25, -0.2) is 4.39 Å². The summed E-state index contributed by atoms with van der Waals surface area (Å²) in [6, 6.07) is 13.0. The van der Waals surface area contributed by atoms with Crippen molar-refractivity contribution >= 4 is 53.1 Å². The molecule has 25 heavy (non-hydrogen) atoms. The summed E-state index contributed by atoms with van der Waals surface area (Å²) in [6.45, 7) is 0.512. The third kappa shape index (κ3) is 7.27. The molecule has 0 saturated heterocycles. The van der Waals surface area contributed by atoms with Crippen molar-refractivity contribution in [3.05, 3.63) is 64.9 Å². The molecule has 0 unspecified atom stereocenters. The Hall–Kier alpha value is -1.87. The van der Waals surface area contributed by atoms with Gasteiger partial charge in [0, 0.05) is 24.3 Å². The van der Waals surface area contributed by atoms with Gasteiger partial charge in [-0.3, -0.25) is 9.79 Å². The molecule has 0 atom stereocenters. The quantitative estimate of drug-likeness (QED) is 0.352. The van der Waals surface area contributed by atoms with Crippen molar-refractivity contribution in [2.75, 3.05) is 18.9 Å². The fourth-order valence-corrected chi connectivity index (χ4v) is 2.15. The molecule has 1 amide bonds. The Kier molecular flexibility index (Phi) is 9.22. The number of hydrogen-bond donors (Lipinski definition) is 3. The van der Waals surface area contributed by atoms with Crippen molar-refractivity contribution in [3.63, 3.8) is 0 Å². The topological polar surface area (TPSA) is 65.5 Å². The van der Waals surface area contributed by atoms with E-state index in [2.05, 4.69) is 20.9 Å². The molecule has 0 aliphatic carbocycles. The largest absolute Gasteiger partial charge is 0.352 e. The molecule has 0 heterocycles. The van der Waals surface area contributed by atoms with Crippen LogP contribution in [0.15, 0.2) is 53.5 Å². The number of benzene rings is 2. The average molecular weight is 477 g/mol. The number of aliphatic imine (C=N–C) groups is 1. The van der Waals surface area contributed by atoms with Crippen LogP contribution in [0.5, 0.6) is 0 Å². The Bertz CT molecular complexity index is 725. The Labute approximate surface area is 168 Å². The van der Waals surface area contributed by atoms with Gasteiger partial charge >= 0.3 is 0 Å². The zero-order valence-electron chi connectivity index (χ0n) is 13.6. The number of halogens is 3. The summed E-state index contributed by atoms with van der Waals surface area (Å²) in [6.07, 6.45) is 0. The molecular weight excluding hydrogens is 458 g/mol. The van der Waals surface area contributed by atoms with E-state index in [1.807, 2.05) is 24.3 Å². The second-order valence-corrected chi connectivity index (χ2v) is 5.33. The standard InChI is InChI=1S/C17H18ClFN4O.HI/c1-20-17(21-10-12-4-2-3-5-15(12)18)22-11-16(24)23-14-8-6-13(19)7-9-14;/h2-9H,10-11H2,1H3,(H,23,24)(H2,20,21,22);1H. The van der Waals surface area contributed by atoms with Crippen LogP contribution in [-0.4, -0.2) is 25.5 Å². The van der Waals surface area contributed by atoms with E-state index in [-0.39, 0.29) is 42.2 Å². The first-order valence-electron chi connectivity index (χ1n) is 7.32. The molecule has 134 valence electrons. The number of carbonyl (C=O) groups is 1. The molecule has 0 bridgehead atoms. The number of nitrogens with one attached hydrogen (secondary N) is 3. The fraction of sp³-hybridized carbons (Fsp3) is 0.176. The third-order valence-electron chi connectivity index (χ3n) is 3.17. The smallest absolute Gasteiger partial charge is 0.243 e. The van der Waals surface area contributed by atoms with Gasteiger partial charge in [0.15, 0.2) is 5.96 Å². The second-order valence-electron chi connectivity index (χ2n) is 4.93. The van der Waals surface area contributed by atoms with E-state index in [0.717, 1.165) is 5.56 Å². The predicted octanol–water partition coefficient (Wildman–Crippen LogP) is 3.40. The Morgan fingerprint density at radius 2 is 1.80 bits per heavy atom. The normalized spacial score (nSPS) is 10.6. The van der Waals surface area contributed by atoms with Gasteiger partial charge in [-0.2, -0.15) is 0 Å². The monoisotopic (exact) mass is 476 g/mol. The Morgan fingerprint density at radius 1 is 1.12 bits per heavy atom. The molecule has 2 aromatic rings. The van der Waals surface area contributed by atoms with Crippen LogP contribution < -0.4 is 16.0 Å². The highest BCUT2D eigenvalue weighted by Gasteiger charge is 2.05. The summed E-state index contributed by atoms with van der Waals surface area (Å²) in [5.41, 5.74) is 1.46. The molecule has 0 aliphatic heterocycles. The molecule has 8 heteroatoms. The summed E-state index contributed by atoms with van der Waals surface area (Å²) in [4.78, 5) is 15.9. The summed E-state index contributed by atoms with van der Waals surface area (Å²) < 4.78 is 12.8. The van der Waals surface area contributed by atoms with Crippen LogP contribution in [0.25, 0.3) is 0 Å². The molecule has 0 aliphatic rings. The van der Waals surface area contributed by atoms with Crippen LogP contribution in [-0.2, 0) is 11.3 Å². The van der Waals surface area contributed by atoms with Crippen molar-refractivity contribution in [2.24, 2.45) is 4.99 Å². The minimum absolute atomic E-state index is 0. The first-order valence-corrected chi connectivity index (χ1v) is 7.69. The lowest BCUT2D eigenvalue weighted by Gasteiger charge is -2.12. The maximum Gasteiger partial charge on any atom is 0.243 e. The lowest BCUT2D eigenvalue weighted by atomic mass is 10.2. The second kappa shape index (κ2) is 10.9. The van der Waals surface area contributed by atoms with Crippen molar-refractivity contribution in [3.8, 4) is 0 Å². The minimum atomic E-state index is -0.352. The molecule has 0 fully saturated rings. The number of carbonyl (C=O) groups excluding carboxylic acids is 1. The number of hydrogen-bond acceptors (Lipinski definition) is 2. The van der Waals surface area contributed by atoms with E-state index in [9.17, 15) is 9.18 Å². The Balaban J connectivity index is 0.00000312. The van der Waals surface area contributed by atoms with Crippen LogP contribution in [0.1, 0.15) is 5.56 Å². The summed E-state index contributed by atoms with van der Waals surface area (Å²) in [5, 5.41) is 9.30. The van der Waals surface area contributed by atoms with E-state index in [4.69, 9.17) is 11.6 Å². The molecule has 5 nitrogen and oxygen atoms in total. The van der Waals surface area contributed by atoms with Crippen molar-refractivity contribution in [1.29, 1.82) is 0 Å². The van der Waals surface area contributed by atoms with Crippen LogP contribution >= 0.6 is 35.6 Å². The molecular formula is C17H19ClFIN4O. The zero-order valence-corrected chi connectivity index (χ0v) is 16.6. The zero-order chi connectivity index (χ0) is 17.4. The van der Waals surface area contributed by atoms with Gasteiger partial charge < -0.3 is 16.0 Å². The van der Waals surface area contributed by atoms with Gasteiger partial charge in [0.1, 0.15) is 5.82 Å². The van der Waals surface area contributed by atoms with E-state index < -0.39 is 0 Å². The third-order valence-corrected chi connectivity index (χ3v) is 3.54. The molecule has 3 N–H and O–H groups in total. The van der Waals surface area contributed by atoms with E-state index in [1.54, 1.807) is 7.05 Å². The van der Waals surface area contributed by atoms with Gasteiger partial charge in [-0.05, 0) is 35.9 Å². The molecule has 0 saturated carbocycles. The van der Waals surface area contributed by atoms with Gasteiger partial charge in [0.25, 0.3) is 0 Å². The lowest BCUT2D eigenvalue weighted by molar-refractivity contribution is -0.115. The van der Waals surface area contributed by atoms with Crippen LogP contribution in [0.4, 0.5) is 10.1 Å². The number of rotatable bonds is 5. The number of guanidine groups is 1. The summed E-state index contributed by atoms with van der Waals surface area (Å²) >= 11 is 6.09. The van der Waals surface area contributed by atoms with Crippen LogP contribution in [0.3, 0.4) is 0 Å². The van der Waals surface area contributed by atoms with Crippen LogP contribution in [0.2, 0.25) is 5.02 Å². The predicted molar refractivity (Wildman–Crippen MR) is 110 cm³/mol. The average Bonchev–Trinajstić information content (AvgIpc) is 2.58. The molecule has 0 radical (unpaired) electrons. The van der Waals surface area contributed by atoms with Gasteiger partial charge in [-0.1, -0.05) is 29.8 Å². The summed E-state index contributed by atoms with van der Waals surface area (Å²) in [7, 11) is 1.61. The molecule has 2 rings (SSSR count). The van der Waals surface area contributed by atoms with Crippen molar-refractivity contribution in [1.82, 2.24) is 10.6 Å². The number of amides is 1. The maximum atomic E-state index is 12.8. The number of anilines is 1. The Morgan fingerprint density at radius 3 is 2.44 bits per heavy atom. The van der Waals surface area contributed by atoms with Crippen molar-refractivity contribution < 1.29 is 9.18 Å². The SMILES string of the molecule is CN=C(NCC(=O)Nc1ccc(F)cc1)NCc1ccccc1Cl.I.